The fourth-order valence-electron chi connectivity index (χ4n) is 1.24. The molecule has 0 radical (unpaired) electrons. The van der Waals surface area contributed by atoms with E-state index in [1.807, 2.05) is 6.08 Å². The molecule has 1 heterocycles. The molecule has 0 spiro atoms. The maximum atomic E-state index is 6.02. The van der Waals surface area contributed by atoms with Crippen molar-refractivity contribution in [1.29, 1.82) is 0 Å². The van der Waals surface area contributed by atoms with Gasteiger partial charge in [0.15, 0.2) is 9.76 Å². The van der Waals surface area contributed by atoms with E-state index in [-0.39, 0.29) is 15.1 Å². The molecule has 0 aromatic rings. The van der Waals surface area contributed by atoms with Gasteiger partial charge in [-0.2, -0.15) is 0 Å². The van der Waals surface area contributed by atoms with Crippen LogP contribution in [0.25, 0.3) is 0 Å². The van der Waals surface area contributed by atoms with Gasteiger partial charge in [0.1, 0.15) is 0 Å². The highest BCUT2D eigenvalue weighted by atomic mass is 35.5. The number of rotatable bonds is 2. The zero-order chi connectivity index (χ0) is 8.10. The number of hydrogen-bond acceptors (Lipinski definition) is 1. The lowest BCUT2D eigenvalue weighted by molar-refractivity contribution is 0.234. The van der Waals surface area contributed by atoms with Gasteiger partial charge in [-0.1, -0.05) is 17.7 Å². The van der Waals surface area contributed by atoms with Crippen molar-refractivity contribution in [2.45, 2.75) is 17.8 Å². The maximum absolute atomic E-state index is 6.02. The summed E-state index contributed by atoms with van der Waals surface area (Å²) in [5.74, 6) is 0.480. The quantitative estimate of drug-likeness (QED) is 0.500. The van der Waals surface area contributed by atoms with Crippen LogP contribution < -0.4 is 0 Å². The van der Waals surface area contributed by atoms with Crippen molar-refractivity contribution >= 4 is 33.0 Å². The molecular formula is C7H12Cl2OSi. The second kappa shape index (κ2) is 5.20. The van der Waals surface area contributed by atoms with E-state index in [1.165, 1.54) is 18.0 Å². The first-order valence-corrected chi connectivity index (χ1v) is 6.28. The summed E-state index contributed by atoms with van der Waals surface area (Å²) in [6.07, 6.45) is 3.03. The van der Waals surface area contributed by atoms with E-state index < -0.39 is 0 Å². The van der Waals surface area contributed by atoms with E-state index in [9.17, 15) is 0 Å². The first kappa shape index (κ1) is 9.58. The Balaban J connectivity index is 2.32. The van der Waals surface area contributed by atoms with Gasteiger partial charge in [0.2, 0.25) is 0 Å². The molecule has 0 aliphatic carbocycles. The SMILES string of the molecule is ClC=CC(Cl)C1CC[SiH2]OC1. The van der Waals surface area contributed by atoms with Crippen molar-refractivity contribution in [2.75, 3.05) is 6.61 Å². The van der Waals surface area contributed by atoms with Crippen molar-refractivity contribution in [3.8, 4) is 0 Å². The van der Waals surface area contributed by atoms with Crippen LogP contribution in [0.4, 0.5) is 0 Å². The molecule has 1 fully saturated rings. The molecule has 64 valence electrons. The van der Waals surface area contributed by atoms with Crippen LogP contribution in [0, 0.1) is 5.92 Å². The smallest absolute Gasteiger partial charge is 0.161 e. The van der Waals surface area contributed by atoms with Gasteiger partial charge in [0.05, 0.1) is 5.38 Å². The first-order chi connectivity index (χ1) is 5.34. The fourth-order valence-corrected chi connectivity index (χ4v) is 3.11. The Labute approximate surface area is 79.7 Å². The average molecular weight is 211 g/mol. The van der Waals surface area contributed by atoms with Crippen LogP contribution in [0.15, 0.2) is 11.6 Å². The molecule has 11 heavy (non-hydrogen) atoms. The second-order valence-corrected chi connectivity index (χ2v) is 5.02. The summed E-state index contributed by atoms with van der Waals surface area (Å²) in [5, 5.41) is 0.0572. The lowest BCUT2D eigenvalue weighted by Crippen LogP contribution is -2.25. The molecule has 1 nitrogen and oxygen atoms in total. The van der Waals surface area contributed by atoms with Crippen LogP contribution in [-0.2, 0) is 4.43 Å². The van der Waals surface area contributed by atoms with Crippen LogP contribution in [-0.4, -0.2) is 21.7 Å². The van der Waals surface area contributed by atoms with Crippen molar-refractivity contribution in [2.24, 2.45) is 5.92 Å². The first-order valence-electron chi connectivity index (χ1n) is 3.83. The highest BCUT2D eigenvalue weighted by Crippen LogP contribution is 2.22. The number of halogens is 2. The third kappa shape index (κ3) is 3.16. The largest absolute Gasteiger partial charge is 0.424 e. The average Bonchev–Trinajstić information content (AvgIpc) is 2.07. The van der Waals surface area contributed by atoms with E-state index in [0.29, 0.717) is 5.92 Å². The van der Waals surface area contributed by atoms with Gasteiger partial charge in [0.25, 0.3) is 0 Å². The molecule has 2 atom stereocenters. The van der Waals surface area contributed by atoms with Crippen molar-refractivity contribution in [3.63, 3.8) is 0 Å². The molecule has 1 aliphatic heterocycles. The lowest BCUT2D eigenvalue weighted by Gasteiger charge is -2.24. The van der Waals surface area contributed by atoms with E-state index in [4.69, 9.17) is 27.6 Å². The summed E-state index contributed by atoms with van der Waals surface area (Å²) in [7, 11) is -0.185. The maximum Gasteiger partial charge on any atom is 0.161 e. The van der Waals surface area contributed by atoms with E-state index >= 15 is 0 Å². The third-order valence-electron chi connectivity index (χ3n) is 1.90. The van der Waals surface area contributed by atoms with Crippen LogP contribution in [0.2, 0.25) is 6.04 Å². The van der Waals surface area contributed by atoms with Crippen molar-refractivity contribution in [1.82, 2.24) is 0 Å². The van der Waals surface area contributed by atoms with Gasteiger partial charge in [-0.15, -0.1) is 11.6 Å². The van der Waals surface area contributed by atoms with Crippen molar-refractivity contribution < 1.29 is 4.43 Å². The molecule has 0 amide bonds. The zero-order valence-electron chi connectivity index (χ0n) is 6.30. The third-order valence-corrected chi connectivity index (χ3v) is 3.77. The Morgan fingerprint density at radius 3 is 3.00 bits per heavy atom. The van der Waals surface area contributed by atoms with Crippen LogP contribution in [0.1, 0.15) is 6.42 Å². The highest BCUT2D eigenvalue weighted by Gasteiger charge is 2.19. The predicted octanol–water partition coefficient (Wildman–Crippen LogP) is 1.88. The zero-order valence-corrected chi connectivity index (χ0v) is 9.23. The fraction of sp³-hybridized carbons (Fsp3) is 0.714. The summed E-state index contributed by atoms with van der Waals surface area (Å²) in [4.78, 5) is 0. The Bertz CT molecular complexity index is 134. The molecule has 0 saturated carbocycles. The standard InChI is InChI=1S/C7H12Cl2OSi/c8-3-1-7(9)6-2-4-11-10-5-6/h1,3,6-7H,2,4-5,11H2. The summed E-state index contributed by atoms with van der Waals surface area (Å²) < 4.78 is 5.43. The van der Waals surface area contributed by atoms with E-state index in [0.717, 1.165) is 6.61 Å². The van der Waals surface area contributed by atoms with E-state index in [2.05, 4.69) is 0 Å². The number of allylic oxidation sites excluding steroid dienone is 1. The summed E-state index contributed by atoms with van der Waals surface area (Å²) in [5.41, 5.74) is 1.49. The topological polar surface area (TPSA) is 9.23 Å². The highest BCUT2D eigenvalue weighted by molar-refractivity contribution is 6.28. The summed E-state index contributed by atoms with van der Waals surface area (Å²) in [6.45, 7) is 0.835. The minimum atomic E-state index is -0.185. The molecule has 1 rings (SSSR count). The Hall–Kier alpha value is 0.497. The molecule has 0 bridgehead atoms. The number of alkyl halides is 1. The molecular weight excluding hydrogens is 199 g/mol. The van der Waals surface area contributed by atoms with Gasteiger partial charge in [-0.25, -0.2) is 0 Å². The van der Waals surface area contributed by atoms with Gasteiger partial charge < -0.3 is 4.43 Å². The Morgan fingerprint density at radius 2 is 2.45 bits per heavy atom. The molecule has 1 saturated heterocycles. The summed E-state index contributed by atoms with van der Waals surface area (Å²) in [6, 6.07) is 1.25. The van der Waals surface area contributed by atoms with Crippen LogP contribution in [0.3, 0.4) is 0 Å². The molecule has 0 N–H and O–H groups in total. The molecule has 0 aromatic heterocycles. The second-order valence-electron chi connectivity index (χ2n) is 2.74. The van der Waals surface area contributed by atoms with Gasteiger partial charge in [-0.3, -0.25) is 0 Å². The lowest BCUT2D eigenvalue weighted by atomic mass is 10.0. The molecule has 0 aromatic carbocycles. The minimum Gasteiger partial charge on any atom is -0.424 e. The molecule has 1 aliphatic rings. The van der Waals surface area contributed by atoms with Gasteiger partial charge >= 0.3 is 0 Å². The predicted molar refractivity (Wildman–Crippen MR) is 52.0 cm³/mol. The van der Waals surface area contributed by atoms with E-state index in [1.54, 1.807) is 0 Å². The minimum absolute atomic E-state index is 0.0572. The Morgan fingerprint density at radius 1 is 1.64 bits per heavy atom. The molecule has 2 unspecified atom stereocenters. The number of hydrogen-bond donors (Lipinski definition) is 0. The van der Waals surface area contributed by atoms with Gasteiger partial charge in [0, 0.05) is 18.1 Å². The monoisotopic (exact) mass is 210 g/mol. The summed E-state index contributed by atoms with van der Waals surface area (Å²) >= 11 is 11.4. The van der Waals surface area contributed by atoms with Crippen LogP contribution >= 0.6 is 23.2 Å². The Kier molecular flexibility index (Phi) is 4.53. The molecule has 4 heteroatoms. The van der Waals surface area contributed by atoms with Gasteiger partial charge in [-0.05, 0) is 12.5 Å². The normalized spacial score (nSPS) is 31.3. The van der Waals surface area contributed by atoms with Crippen LogP contribution in [0.5, 0.6) is 0 Å². The van der Waals surface area contributed by atoms with Crippen molar-refractivity contribution in [3.05, 3.63) is 11.6 Å².